The van der Waals surface area contributed by atoms with E-state index in [9.17, 15) is 23.3 Å². The lowest BCUT2D eigenvalue weighted by Crippen LogP contribution is -2.36. The van der Waals surface area contributed by atoms with E-state index in [1.54, 1.807) is 13.2 Å². The van der Waals surface area contributed by atoms with Crippen LogP contribution >= 0.6 is 11.8 Å². The third-order valence-corrected chi connectivity index (χ3v) is 4.63. The molecule has 0 aliphatic heterocycles. The maximum Gasteiger partial charge on any atom is 0.269 e. The second-order valence-corrected chi connectivity index (χ2v) is 6.93. The minimum Gasteiger partial charge on any atom is -0.273 e. The first-order chi connectivity index (χ1) is 9.25. The summed E-state index contributed by atoms with van der Waals surface area (Å²) >= 11 is 1.23. The fourth-order valence-corrected chi connectivity index (χ4v) is 2.85. The number of carbonyl (C=O) groups excluding carboxylic acids is 1. The highest BCUT2D eigenvalue weighted by atomic mass is 32.2. The molecule has 1 aromatic rings. The zero-order valence-electron chi connectivity index (χ0n) is 10.9. The van der Waals surface area contributed by atoms with Crippen molar-refractivity contribution in [2.45, 2.75) is 17.9 Å². The molecule has 0 fully saturated rings. The van der Waals surface area contributed by atoms with E-state index in [1.165, 1.54) is 36.0 Å². The lowest BCUT2D eigenvalue weighted by atomic mass is 10.2. The van der Waals surface area contributed by atoms with Crippen molar-refractivity contribution in [3.05, 3.63) is 39.9 Å². The van der Waals surface area contributed by atoms with Gasteiger partial charge < -0.3 is 0 Å². The van der Waals surface area contributed by atoms with Crippen LogP contribution in [-0.4, -0.2) is 30.8 Å². The molecule has 1 amide bonds. The number of nitrogens with zero attached hydrogens (tertiary/aromatic N) is 1. The molecule has 0 radical (unpaired) electrons. The normalized spacial score (nSPS) is 12.7. The third-order valence-electron chi connectivity index (χ3n) is 2.48. The van der Waals surface area contributed by atoms with Crippen molar-refractivity contribution < 1.29 is 18.1 Å². The van der Waals surface area contributed by atoms with Crippen LogP contribution in [0.25, 0.3) is 0 Å². The van der Waals surface area contributed by atoms with E-state index in [4.69, 9.17) is 0 Å². The number of hydrogen-bond acceptors (Lipinski definition) is 6. The molecule has 0 aromatic heterocycles. The summed E-state index contributed by atoms with van der Waals surface area (Å²) in [5.74, 6) is -0.989. The molecule has 0 heterocycles. The van der Waals surface area contributed by atoms with Gasteiger partial charge in [0.15, 0.2) is 0 Å². The molecule has 0 saturated carbocycles. The first kappa shape index (κ1) is 16.4. The largest absolute Gasteiger partial charge is 0.273 e. The maximum atomic E-state index is 11.8. The quantitative estimate of drug-likeness (QED) is 0.626. The van der Waals surface area contributed by atoms with Gasteiger partial charge in [-0.2, -0.15) is 11.8 Å². The summed E-state index contributed by atoms with van der Waals surface area (Å²) < 4.78 is 25.5. The number of nitro benzene ring substituents is 1. The van der Waals surface area contributed by atoms with Crippen molar-refractivity contribution in [1.82, 2.24) is 4.72 Å². The average Bonchev–Trinajstić information content (AvgIpc) is 2.37. The highest BCUT2D eigenvalue weighted by Crippen LogP contribution is 2.14. The van der Waals surface area contributed by atoms with Gasteiger partial charge in [-0.15, -0.1) is 0 Å². The van der Waals surface area contributed by atoms with E-state index in [-0.39, 0.29) is 5.69 Å². The number of amides is 1. The summed E-state index contributed by atoms with van der Waals surface area (Å²) in [6.45, 7) is 1.60. The number of thioether (sulfide) groups is 1. The van der Waals surface area contributed by atoms with Gasteiger partial charge in [0.25, 0.3) is 5.69 Å². The zero-order valence-corrected chi connectivity index (χ0v) is 12.5. The van der Waals surface area contributed by atoms with Gasteiger partial charge >= 0.3 is 0 Å². The average molecular weight is 318 g/mol. The maximum absolute atomic E-state index is 11.8. The molecular formula is C11H14N2O5S2. The Morgan fingerprint density at radius 1 is 1.40 bits per heavy atom. The second-order valence-electron chi connectivity index (χ2n) is 4.03. The molecule has 1 N–H and O–H groups in total. The first-order valence-electron chi connectivity index (χ1n) is 5.55. The Morgan fingerprint density at radius 3 is 2.40 bits per heavy atom. The smallest absolute Gasteiger partial charge is 0.269 e. The second kappa shape index (κ2) is 6.71. The van der Waals surface area contributed by atoms with Gasteiger partial charge in [-0.25, -0.2) is 8.42 Å². The van der Waals surface area contributed by atoms with Gasteiger partial charge in [0.05, 0.1) is 15.9 Å². The number of rotatable bonds is 6. The molecule has 0 bridgehead atoms. The molecule has 1 atom stereocenters. The van der Waals surface area contributed by atoms with Crippen LogP contribution in [-0.2, 0) is 20.6 Å². The first-order valence-corrected chi connectivity index (χ1v) is 8.49. The highest BCUT2D eigenvalue weighted by Gasteiger charge is 2.19. The van der Waals surface area contributed by atoms with Crippen LogP contribution in [0.2, 0.25) is 0 Å². The van der Waals surface area contributed by atoms with Crippen molar-refractivity contribution in [3.8, 4) is 0 Å². The highest BCUT2D eigenvalue weighted by molar-refractivity contribution is 8.00. The summed E-state index contributed by atoms with van der Waals surface area (Å²) in [6.07, 6.45) is 1.70. The van der Waals surface area contributed by atoms with Crippen LogP contribution in [0.4, 0.5) is 5.69 Å². The van der Waals surface area contributed by atoms with Crippen molar-refractivity contribution in [1.29, 1.82) is 0 Å². The predicted molar refractivity (Wildman–Crippen MR) is 76.8 cm³/mol. The molecule has 0 unspecified atom stereocenters. The van der Waals surface area contributed by atoms with Gasteiger partial charge in [0, 0.05) is 12.1 Å². The van der Waals surface area contributed by atoms with Crippen LogP contribution < -0.4 is 4.72 Å². The molecule has 0 saturated heterocycles. The topological polar surface area (TPSA) is 106 Å². The van der Waals surface area contributed by atoms with E-state index >= 15 is 0 Å². The Morgan fingerprint density at radius 2 is 1.95 bits per heavy atom. The number of non-ortho nitro benzene ring substituents is 1. The molecule has 0 aliphatic carbocycles. The molecule has 110 valence electrons. The molecule has 20 heavy (non-hydrogen) atoms. The standard InChI is InChI=1S/C11H14N2O5S2/c1-8(19-2)11(14)12-20(17,18)7-9-3-5-10(6-4-9)13(15)16/h3-6,8H,7H2,1-2H3,(H,12,14)/t8-/m0/s1. The van der Waals surface area contributed by atoms with E-state index in [0.29, 0.717) is 5.56 Å². The SMILES string of the molecule is CS[C@@H](C)C(=O)NS(=O)(=O)Cc1ccc([N+](=O)[O-])cc1. The monoisotopic (exact) mass is 318 g/mol. The number of nitro groups is 1. The van der Waals surface area contributed by atoms with Gasteiger partial charge in [-0.1, -0.05) is 12.1 Å². The Labute approximate surface area is 121 Å². The molecule has 1 aromatic carbocycles. The summed E-state index contributed by atoms with van der Waals surface area (Å²) in [7, 11) is -3.80. The van der Waals surface area contributed by atoms with Crippen LogP contribution in [0.5, 0.6) is 0 Å². The Hall–Kier alpha value is -1.61. The van der Waals surface area contributed by atoms with Crippen LogP contribution in [0, 0.1) is 10.1 Å². The molecule has 1 rings (SSSR count). The van der Waals surface area contributed by atoms with Gasteiger partial charge in [0.1, 0.15) is 0 Å². The molecule has 0 spiro atoms. The number of nitrogens with one attached hydrogen (secondary N) is 1. The van der Waals surface area contributed by atoms with E-state index in [2.05, 4.69) is 0 Å². The van der Waals surface area contributed by atoms with Crippen LogP contribution in [0.1, 0.15) is 12.5 Å². The zero-order chi connectivity index (χ0) is 15.3. The van der Waals surface area contributed by atoms with E-state index < -0.39 is 31.9 Å². The minimum atomic E-state index is -3.80. The van der Waals surface area contributed by atoms with Gasteiger partial charge in [-0.05, 0) is 18.7 Å². The van der Waals surface area contributed by atoms with Crippen molar-refractivity contribution in [2.24, 2.45) is 0 Å². The predicted octanol–water partition coefficient (Wildman–Crippen LogP) is 1.29. The number of hydrogen-bond donors (Lipinski definition) is 1. The number of sulfonamides is 1. The fraction of sp³-hybridized carbons (Fsp3) is 0.364. The Bertz CT molecular complexity index is 598. The molecule has 9 heteroatoms. The van der Waals surface area contributed by atoms with Gasteiger partial charge in [-0.3, -0.25) is 19.6 Å². The van der Waals surface area contributed by atoms with Crippen LogP contribution in [0.15, 0.2) is 24.3 Å². The third kappa shape index (κ3) is 4.82. The number of carbonyl (C=O) groups is 1. The summed E-state index contributed by atoms with van der Waals surface area (Å²) in [6, 6.07) is 5.13. The Balaban J connectivity index is 2.76. The summed E-state index contributed by atoms with van der Waals surface area (Å²) in [5.41, 5.74) is 0.249. The van der Waals surface area contributed by atoms with E-state index in [0.717, 1.165) is 0 Å². The summed E-state index contributed by atoms with van der Waals surface area (Å²) in [4.78, 5) is 21.4. The lowest BCUT2D eigenvalue weighted by Gasteiger charge is -2.10. The van der Waals surface area contributed by atoms with Crippen molar-refractivity contribution in [3.63, 3.8) is 0 Å². The Kier molecular flexibility index (Phi) is 5.52. The molecule has 0 aliphatic rings. The minimum absolute atomic E-state index is 0.119. The van der Waals surface area contributed by atoms with Gasteiger partial charge in [0.2, 0.25) is 15.9 Å². The number of benzene rings is 1. The fourth-order valence-electron chi connectivity index (χ4n) is 1.31. The lowest BCUT2D eigenvalue weighted by molar-refractivity contribution is -0.384. The molecular weight excluding hydrogens is 304 g/mol. The van der Waals surface area contributed by atoms with Crippen molar-refractivity contribution >= 4 is 33.4 Å². The van der Waals surface area contributed by atoms with E-state index in [1.807, 2.05) is 4.72 Å². The van der Waals surface area contributed by atoms with Crippen LogP contribution in [0.3, 0.4) is 0 Å². The summed E-state index contributed by atoms with van der Waals surface area (Å²) in [5, 5.41) is 10.0. The van der Waals surface area contributed by atoms with Crippen molar-refractivity contribution in [2.75, 3.05) is 6.26 Å². The molecule has 7 nitrogen and oxygen atoms in total.